The number of carbonyl (C=O) groups is 1. The van der Waals surface area contributed by atoms with Gasteiger partial charge in [-0.05, 0) is 37.3 Å². The van der Waals surface area contributed by atoms with Gasteiger partial charge >= 0.3 is 6.18 Å². The van der Waals surface area contributed by atoms with Crippen LogP contribution in [0.5, 0.6) is 0 Å². The molecule has 3 aromatic rings. The number of anilines is 1. The van der Waals surface area contributed by atoms with E-state index in [9.17, 15) is 22.8 Å². The zero-order valence-corrected chi connectivity index (χ0v) is 15.1. The molecule has 2 aromatic carbocycles. The number of aromatic nitrogens is 2. The summed E-state index contributed by atoms with van der Waals surface area (Å²) in [6.45, 7) is 1.43. The van der Waals surface area contributed by atoms with Gasteiger partial charge in [0, 0.05) is 23.0 Å². The number of hydrogen-bond donors (Lipinski definition) is 1. The molecule has 146 valence electrons. The highest BCUT2D eigenvalue weighted by atomic mass is 19.4. The van der Waals surface area contributed by atoms with Gasteiger partial charge in [0.15, 0.2) is 5.69 Å². The molecule has 0 unspecified atom stereocenters. The van der Waals surface area contributed by atoms with Crippen LogP contribution in [0.4, 0.5) is 18.9 Å². The van der Waals surface area contributed by atoms with Gasteiger partial charge in [0.25, 0.3) is 5.91 Å². The summed E-state index contributed by atoms with van der Waals surface area (Å²) in [7, 11) is 0. The number of rotatable bonds is 3. The second kappa shape index (κ2) is 7.64. The van der Waals surface area contributed by atoms with E-state index in [1.165, 1.54) is 31.2 Å². The van der Waals surface area contributed by atoms with Crippen molar-refractivity contribution in [1.29, 1.82) is 0 Å². The third-order valence-electron chi connectivity index (χ3n) is 4.05. The van der Waals surface area contributed by atoms with Crippen LogP contribution in [0.3, 0.4) is 0 Å². The normalized spacial score (nSPS) is 11.0. The molecule has 1 heterocycles. The minimum absolute atomic E-state index is 0.151. The van der Waals surface area contributed by atoms with Gasteiger partial charge in [0.1, 0.15) is 0 Å². The number of para-hydroxylation sites is 1. The van der Waals surface area contributed by atoms with Crippen LogP contribution in [0.1, 0.15) is 27.3 Å². The first-order chi connectivity index (χ1) is 13.7. The van der Waals surface area contributed by atoms with Crippen molar-refractivity contribution in [3.63, 3.8) is 0 Å². The maximum absolute atomic E-state index is 13.4. The fraction of sp³-hybridized carbons (Fsp3) is 0.0952. The lowest BCUT2D eigenvalue weighted by Crippen LogP contribution is -2.27. The maximum Gasteiger partial charge on any atom is 0.418 e. The number of benzene rings is 2. The van der Waals surface area contributed by atoms with Gasteiger partial charge in [-0.1, -0.05) is 24.1 Å². The van der Waals surface area contributed by atoms with Crippen molar-refractivity contribution in [2.45, 2.75) is 13.1 Å². The van der Waals surface area contributed by atoms with E-state index >= 15 is 0 Å². The maximum atomic E-state index is 13.4. The summed E-state index contributed by atoms with van der Waals surface area (Å²) in [6, 6.07) is 12.2. The molecule has 1 amide bonds. The highest BCUT2D eigenvalue weighted by Crippen LogP contribution is 2.33. The monoisotopic (exact) mass is 397 g/mol. The van der Waals surface area contributed by atoms with Crippen molar-refractivity contribution in [2.24, 2.45) is 0 Å². The first kappa shape index (κ1) is 19.9. The van der Waals surface area contributed by atoms with Crippen LogP contribution in [0, 0.1) is 19.3 Å². The summed E-state index contributed by atoms with van der Waals surface area (Å²) < 4.78 is 41.0. The third kappa shape index (κ3) is 4.19. The Labute approximate surface area is 163 Å². The molecule has 0 spiro atoms. The van der Waals surface area contributed by atoms with E-state index in [0.29, 0.717) is 11.3 Å². The Kier molecular flexibility index (Phi) is 5.24. The number of hydrogen-bond acceptors (Lipinski definition) is 3. The lowest BCUT2D eigenvalue weighted by atomic mass is 10.1. The first-order valence-electron chi connectivity index (χ1n) is 8.36. The molecular weight excluding hydrogens is 383 g/mol. The van der Waals surface area contributed by atoms with Crippen LogP contribution >= 0.6 is 0 Å². The summed E-state index contributed by atoms with van der Waals surface area (Å²) in [5.74, 6) is 1.55. The summed E-state index contributed by atoms with van der Waals surface area (Å²) in [6.07, 6.45) is 0.682. The summed E-state index contributed by atoms with van der Waals surface area (Å²) in [5.41, 5.74) is -1.50. The highest BCUT2D eigenvalue weighted by molar-refractivity contribution is 6.02. The van der Waals surface area contributed by atoms with Crippen molar-refractivity contribution in [3.05, 3.63) is 87.3 Å². The minimum atomic E-state index is -4.63. The van der Waals surface area contributed by atoms with Gasteiger partial charge in [-0.3, -0.25) is 9.59 Å². The van der Waals surface area contributed by atoms with E-state index in [-0.39, 0.29) is 11.4 Å². The molecule has 0 atom stereocenters. The third-order valence-corrected chi connectivity index (χ3v) is 4.05. The van der Waals surface area contributed by atoms with Crippen LogP contribution in [0.2, 0.25) is 0 Å². The predicted molar refractivity (Wildman–Crippen MR) is 102 cm³/mol. The summed E-state index contributed by atoms with van der Waals surface area (Å²) in [4.78, 5) is 24.8. The quantitative estimate of drug-likeness (QED) is 0.684. The van der Waals surface area contributed by atoms with Crippen molar-refractivity contribution in [1.82, 2.24) is 9.78 Å². The van der Waals surface area contributed by atoms with E-state index in [0.717, 1.165) is 16.8 Å². The van der Waals surface area contributed by atoms with Gasteiger partial charge < -0.3 is 5.32 Å². The summed E-state index contributed by atoms with van der Waals surface area (Å²) >= 11 is 0. The van der Waals surface area contributed by atoms with E-state index in [1.54, 1.807) is 18.2 Å². The topological polar surface area (TPSA) is 64.0 Å². The second-order valence-electron chi connectivity index (χ2n) is 6.10. The fourth-order valence-corrected chi connectivity index (χ4v) is 2.72. The van der Waals surface area contributed by atoms with Crippen LogP contribution in [-0.2, 0) is 6.18 Å². The Morgan fingerprint density at radius 2 is 1.86 bits per heavy atom. The van der Waals surface area contributed by atoms with E-state index < -0.39 is 28.8 Å². The summed E-state index contributed by atoms with van der Waals surface area (Å²) in [5, 5.41) is 6.39. The number of halogens is 3. The number of amides is 1. The fourth-order valence-electron chi connectivity index (χ4n) is 2.72. The molecule has 1 N–H and O–H groups in total. The number of nitrogens with zero attached hydrogens (tertiary/aromatic N) is 2. The molecule has 0 aliphatic carbocycles. The molecular formula is C21H14F3N3O2. The average Bonchev–Trinajstić information content (AvgIpc) is 2.67. The number of nitrogens with one attached hydrogen (secondary N) is 1. The van der Waals surface area contributed by atoms with Crippen LogP contribution in [0.25, 0.3) is 5.69 Å². The lowest BCUT2D eigenvalue weighted by molar-refractivity contribution is -0.137. The van der Waals surface area contributed by atoms with Crippen LogP contribution in [-0.4, -0.2) is 15.7 Å². The second-order valence-corrected chi connectivity index (χ2v) is 6.10. The van der Waals surface area contributed by atoms with Gasteiger partial charge in [-0.15, -0.1) is 6.42 Å². The number of alkyl halides is 3. The van der Waals surface area contributed by atoms with Crippen molar-refractivity contribution >= 4 is 11.6 Å². The molecule has 0 saturated heterocycles. The lowest BCUT2D eigenvalue weighted by Gasteiger charge is -2.16. The van der Waals surface area contributed by atoms with Crippen molar-refractivity contribution < 1.29 is 18.0 Å². The van der Waals surface area contributed by atoms with Crippen molar-refractivity contribution in [3.8, 4) is 18.0 Å². The molecule has 0 fully saturated rings. The molecule has 0 radical (unpaired) electrons. The van der Waals surface area contributed by atoms with E-state index in [2.05, 4.69) is 16.3 Å². The molecule has 3 rings (SSSR count). The Bertz CT molecular complexity index is 1190. The number of aryl methyl sites for hydroxylation is 1. The first-order valence-corrected chi connectivity index (χ1v) is 8.36. The van der Waals surface area contributed by atoms with Gasteiger partial charge in [-0.25, -0.2) is 4.68 Å². The van der Waals surface area contributed by atoms with Gasteiger partial charge in [-0.2, -0.15) is 18.3 Å². The van der Waals surface area contributed by atoms with Gasteiger partial charge in [0.05, 0.1) is 11.3 Å². The molecule has 5 nitrogen and oxygen atoms in total. The van der Waals surface area contributed by atoms with Crippen LogP contribution in [0.15, 0.2) is 59.4 Å². The van der Waals surface area contributed by atoms with Gasteiger partial charge in [0.2, 0.25) is 5.43 Å². The minimum Gasteiger partial charge on any atom is -0.320 e. The number of carbonyl (C=O) groups excluding carboxylic acids is 1. The average molecular weight is 397 g/mol. The Morgan fingerprint density at radius 1 is 1.14 bits per heavy atom. The standard InChI is InChI=1S/C21H14F3N3O2/c1-3-14-7-6-8-15(12-14)25-20(29)19-18(28)11-13(2)27(26-19)17-10-5-4-9-16(17)21(22,23)24/h1,4-12H,2H3,(H,25,29). The SMILES string of the molecule is C#Cc1cccc(NC(=O)c2nn(-c3ccccc3C(F)(F)F)c(C)cc2=O)c1. The molecule has 0 bridgehead atoms. The zero-order valence-electron chi connectivity index (χ0n) is 15.1. The predicted octanol–water partition coefficient (Wildman–Crippen LogP) is 3.79. The molecule has 0 saturated carbocycles. The molecule has 8 heteroatoms. The molecule has 0 aliphatic rings. The molecule has 29 heavy (non-hydrogen) atoms. The smallest absolute Gasteiger partial charge is 0.320 e. The zero-order chi connectivity index (χ0) is 21.2. The van der Waals surface area contributed by atoms with E-state index in [1.807, 2.05) is 0 Å². The van der Waals surface area contributed by atoms with Crippen LogP contribution < -0.4 is 10.7 Å². The molecule has 1 aromatic heterocycles. The Balaban J connectivity index is 2.06. The Hall–Kier alpha value is -3.86. The van der Waals surface area contributed by atoms with E-state index in [4.69, 9.17) is 6.42 Å². The largest absolute Gasteiger partial charge is 0.418 e. The van der Waals surface area contributed by atoms with Crippen molar-refractivity contribution in [2.75, 3.05) is 5.32 Å². The molecule has 0 aliphatic heterocycles. The highest BCUT2D eigenvalue weighted by Gasteiger charge is 2.34. The number of terminal acetylenes is 1. The Morgan fingerprint density at radius 3 is 2.55 bits per heavy atom.